The summed E-state index contributed by atoms with van der Waals surface area (Å²) in [5.41, 5.74) is 1.02. The second-order valence-electron chi connectivity index (χ2n) is 5.55. The Kier molecular flexibility index (Phi) is 3.73. The van der Waals surface area contributed by atoms with Gasteiger partial charge in [0.15, 0.2) is 5.13 Å². The van der Waals surface area contributed by atoms with Crippen molar-refractivity contribution in [3.63, 3.8) is 0 Å². The third-order valence-electron chi connectivity index (χ3n) is 4.35. The summed E-state index contributed by atoms with van der Waals surface area (Å²) in [7, 11) is 1.43. The van der Waals surface area contributed by atoms with E-state index in [1.54, 1.807) is 11.3 Å². The third kappa shape index (κ3) is 2.76. The number of aryl methyl sites for hydroxylation is 1. The van der Waals surface area contributed by atoms with Crippen molar-refractivity contribution in [3.8, 4) is 0 Å². The number of rotatable bonds is 4. The summed E-state index contributed by atoms with van der Waals surface area (Å²) in [6.07, 6.45) is 5.30. The first-order valence-electron chi connectivity index (χ1n) is 7.02. The van der Waals surface area contributed by atoms with Crippen LogP contribution in [0.25, 0.3) is 0 Å². The highest BCUT2D eigenvalue weighted by Crippen LogP contribution is 2.40. The molecule has 0 amide bonds. The van der Waals surface area contributed by atoms with Crippen molar-refractivity contribution < 1.29 is 9.53 Å². The first-order valence-corrected chi connectivity index (χ1v) is 7.90. The summed E-state index contributed by atoms with van der Waals surface area (Å²) in [4.78, 5) is 18.2. The molecule has 4 nitrogen and oxygen atoms in total. The lowest BCUT2D eigenvalue weighted by molar-refractivity contribution is -0.140. The van der Waals surface area contributed by atoms with Crippen molar-refractivity contribution in [3.05, 3.63) is 11.1 Å². The highest BCUT2D eigenvalue weighted by molar-refractivity contribution is 7.13. The van der Waals surface area contributed by atoms with Crippen LogP contribution in [0.1, 0.15) is 31.4 Å². The SMILES string of the molecule is COC(=O)CCc1csc(N2CC3CCCC3C2)n1. The maximum Gasteiger partial charge on any atom is 0.305 e. The Morgan fingerprint density at radius 2 is 2.21 bits per heavy atom. The van der Waals surface area contributed by atoms with Gasteiger partial charge in [0.2, 0.25) is 0 Å². The molecular formula is C14H20N2O2S. The summed E-state index contributed by atoms with van der Waals surface area (Å²) in [5.74, 6) is 1.62. The molecule has 2 unspecified atom stereocenters. The maximum atomic E-state index is 11.1. The van der Waals surface area contributed by atoms with Crippen LogP contribution in [0.15, 0.2) is 5.38 Å². The van der Waals surface area contributed by atoms with Crippen molar-refractivity contribution in [2.75, 3.05) is 25.1 Å². The van der Waals surface area contributed by atoms with Crippen LogP contribution < -0.4 is 4.90 Å². The van der Waals surface area contributed by atoms with Crippen LogP contribution in [0, 0.1) is 11.8 Å². The van der Waals surface area contributed by atoms with E-state index in [-0.39, 0.29) is 5.97 Å². The lowest BCUT2D eigenvalue weighted by atomic mass is 10.0. The lowest BCUT2D eigenvalue weighted by Gasteiger charge is -2.15. The van der Waals surface area contributed by atoms with Crippen LogP contribution in [-0.4, -0.2) is 31.2 Å². The van der Waals surface area contributed by atoms with Crippen LogP contribution in [0.3, 0.4) is 0 Å². The number of fused-ring (bicyclic) bond motifs is 1. The molecule has 2 heterocycles. The average molecular weight is 280 g/mol. The van der Waals surface area contributed by atoms with Gasteiger partial charge in [-0.1, -0.05) is 6.42 Å². The summed E-state index contributed by atoms with van der Waals surface area (Å²) in [5, 5.41) is 3.21. The van der Waals surface area contributed by atoms with Gasteiger partial charge < -0.3 is 9.64 Å². The van der Waals surface area contributed by atoms with E-state index in [1.165, 1.54) is 39.5 Å². The summed E-state index contributed by atoms with van der Waals surface area (Å²) in [6, 6.07) is 0. The van der Waals surface area contributed by atoms with Gasteiger partial charge >= 0.3 is 5.97 Å². The number of carbonyl (C=O) groups is 1. The van der Waals surface area contributed by atoms with E-state index in [1.807, 2.05) is 0 Å². The van der Waals surface area contributed by atoms with Gasteiger partial charge in [0.25, 0.3) is 0 Å². The van der Waals surface area contributed by atoms with Crippen LogP contribution in [-0.2, 0) is 16.0 Å². The monoisotopic (exact) mass is 280 g/mol. The van der Waals surface area contributed by atoms with Crippen LogP contribution in [0.2, 0.25) is 0 Å². The van der Waals surface area contributed by atoms with E-state index in [9.17, 15) is 4.79 Å². The fourth-order valence-electron chi connectivity index (χ4n) is 3.28. The molecule has 1 saturated carbocycles. The Balaban J connectivity index is 1.57. The van der Waals surface area contributed by atoms with Crippen LogP contribution >= 0.6 is 11.3 Å². The molecule has 1 aliphatic heterocycles. The molecule has 5 heteroatoms. The molecule has 0 bridgehead atoms. The number of esters is 1. The third-order valence-corrected chi connectivity index (χ3v) is 5.30. The van der Waals surface area contributed by atoms with E-state index >= 15 is 0 Å². The van der Waals surface area contributed by atoms with Crippen molar-refractivity contribution in [1.82, 2.24) is 4.98 Å². The molecule has 2 atom stereocenters. The topological polar surface area (TPSA) is 42.4 Å². The number of anilines is 1. The zero-order valence-electron chi connectivity index (χ0n) is 11.3. The van der Waals surface area contributed by atoms with Gasteiger partial charge in [-0.2, -0.15) is 0 Å². The Bertz CT molecular complexity index is 448. The van der Waals surface area contributed by atoms with Gasteiger partial charge in [0.05, 0.1) is 19.2 Å². The predicted molar refractivity (Wildman–Crippen MR) is 75.5 cm³/mol. The lowest BCUT2D eigenvalue weighted by Crippen LogP contribution is -2.20. The van der Waals surface area contributed by atoms with Crippen LogP contribution in [0.5, 0.6) is 0 Å². The molecule has 1 aliphatic carbocycles. The molecule has 19 heavy (non-hydrogen) atoms. The normalized spacial score (nSPS) is 25.6. The molecule has 2 aliphatic rings. The highest BCUT2D eigenvalue weighted by atomic mass is 32.1. The molecular weight excluding hydrogens is 260 g/mol. The first-order chi connectivity index (χ1) is 9.26. The Hall–Kier alpha value is -1.10. The number of aromatic nitrogens is 1. The van der Waals surface area contributed by atoms with Crippen molar-refractivity contribution >= 4 is 22.4 Å². The molecule has 1 aromatic rings. The quantitative estimate of drug-likeness (QED) is 0.795. The Morgan fingerprint density at radius 1 is 1.47 bits per heavy atom. The van der Waals surface area contributed by atoms with Crippen LogP contribution in [0.4, 0.5) is 5.13 Å². The average Bonchev–Trinajstić information content (AvgIpc) is 3.09. The largest absolute Gasteiger partial charge is 0.469 e. The van der Waals surface area contributed by atoms with Gasteiger partial charge in [-0.05, 0) is 24.7 Å². The van der Waals surface area contributed by atoms with Gasteiger partial charge in [0.1, 0.15) is 0 Å². The van der Waals surface area contributed by atoms with E-state index < -0.39 is 0 Å². The second-order valence-corrected chi connectivity index (χ2v) is 6.39. The van der Waals surface area contributed by atoms with Gasteiger partial charge in [-0.25, -0.2) is 4.98 Å². The summed E-state index contributed by atoms with van der Waals surface area (Å²) < 4.78 is 4.66. The summed E-state index contributed by atoms with van der Waals surface area (Å²) in [6.45, 7) is 2.35. The van der Waals surface area contributed by atoms with E-state index in [4.69, 9.17) is 0 Å². The zero-order valence-corrected chi connectivity index (χ0v) is 12.1. The van der Waals surface area contributed by atoms with E-state index in [0.29, 0.717) is 12.8 Å². The molecule has 0 aromatic carbocycles. The standard InChI is InChI=1S/C14H20N2O2S/c1-18-13(17)6-5-12-9-19-14(15-12)16-7-10-3-2-4-11(10)8-16/h9-11H,2-8H2,1H3. The van der Waals surface area contributed by atoms with Gasteiger partial charge in [-0.3, -0.25) is 4.79 Å². The molecule has 2 fully saturated rings. The number of carbonyl (C=O) groups excluding carboxylic acids is 1. The molecule has 3 rings (SSSR count). The number of ether oxygens (including phenoxy) is 1. The number of nitrogens with zero attached hydrogens (tertiary/aromatic N) is 2. The van der Waals surface area contributed by atoms with E-state index in [0.717, 1.165) is 22.7 Å². The molecule has 104 valence electrons. The fourth-order valence-corrected chi connectivity index (χ4v) is 4.16. The van der Waals surface area contributed by atoms with Crippen molar-refractivity contribution in [2.24, 2.45) is 11.8 Å². The zero-order chi connectivity index (χ0) is 13.2. The Morgan fingerprint density at radius 3 is 2.89 bits per heavy atom. The first kappa shape index (κ1) is 12.9. The second kappa shape index (κ2) is 5.49. The smallest absolute Gasteiger partial charge is 0.305 e. The number of hydrogen-bond acceptors (Lipinski definition) is 5. The number of methoxy groups -OCH3 is 1. The van der Waals surface area contributed by atoms with Gasteiger partial charge in [0, 0.05) is 24.9 Å². The van der Waals surface area contributed by atoms with Crippen molar-refractivity contribution in [2.45, 2.75) is 32.1 Å². The van der Waals surface area contributed by atoms with Crippen molar-refractivity contribution in [1.29, 1.82) is 0 Å². The predicted octanol–water partition coefficient (Wildman–Crippen LogP) is 2.49. The fraction of sp³-hybridized carbons (Fsp3) is 0.714. The van der Waals surface area contributed by atoms with Gasteiger partial charge in [-0.15, -0.1) is 11.3 Å². The Labute approximate surface area is 117 Å². The molecule has 0 spiro atoms. The molecule has 1 saturated heterocycles. The minimum absolute atomic E-state index is 0.162. The molecule has 1 aromatic heterocycles. The minimum atomic E-state index is -0.162. The highest BCUT2D eigenvalue weighted by Gasteiger charge is 2.36. The molecule has 0 radical (unpaired) electrons. The maximum absolute atomic E-state index is 11.1. The molecule has 0 N–H and O–H groups in total. The number of thiazole rings is 1. The number of hydrogen-bond donors (Lipinski definition) is 0. The summed E-state index contributed by atoms with van der Waals surface area (Å²) >= 11 is 1.71. The minimum Gasteiger partial charge on any atom is -0.469 e. The van der Waals surface area contributed by atoms with E-state index in [2.05, 4.69) is 20.0 Å².